The maximum atomic E-state index is 12.3. The van der Waals surface area contributed by atoms with Gasteiger partial charge in [-0.3, -0.25) is 0 Å². The summed E-state index contributed by atoms with van der Waals surface area (Å²) in [7, 11) is -3.28. The Hall–Kier alpha value is -1.13. The quantitative estimate of drug-likeness (QED) is 0.578. The molecule has 1 aliphatic heterocycles. The molecule has 1 aromatic rings. The summed E-state index contributed by atoms with van der Waals surface area (Å²) in [5, 5.41) is -0.506. The number of ether oxygens (including phenoxy) is 1. The highest BCUT2D eigenvalue weighted by molar-refractivity contribution is 7.92. The van der Waals surface area contributed by atoms with Crippen molar-refractivity contribution in [3.63, 3.8) is 0 Å². The Labute approximate surface area is 94.7 Å². The third kappa shape index (κ3) is 1.49. The summed E-state index contributed by atoms with van der Waals surface area (Å²) in [6.07, 6.45) is 4.49. The molecule has 4 heteroatoms. The number of rotatable bonds is 2. The predicted molar refractivity (Wildman–Crippen MR) is 59.8 cm³/mol. The van der Waals surface area contributed by atoms with Gasteiger partial charge in [-0.1, -0.05) is 30.4 Å². The maximum Gasteiger partial charge on any atom is 0.187 e. The van der Waals surface area contributed by atoms with E-state index in [0.29, 0.717) is 4.90 Å². The van der Waals surface area contributed by atoms with Gasteiger partial charge in [0.1, 0.15) is 11.4 Å². The second-order valence-corrected chi connectivity index (χ2v) is 6.23. The lowest BCUT2D eigenvalue weighted by atomic mass is 10.1. The van der Waals surface area contributed by atoms with Crippen LogP contribution < -0.4 is 0 Å². The zero-order valence-corrected chi connectivity index (χ0v) is 9.43. The molecule has 0 N–H and O–H groups in total. The van der Waals surface area contributed by atoms with Gasteiger partial charge in [-0.15, -0.1) is 0 Å². The molecular formula is C12H12O3S. The largest absolute Gasteiger partial charge is 0.367 e. The van der Waals surface area contributed by atoms with Crippen LogP contribution in [0.3, 0.4) is 0 Å². The lowest BCUT2D eigenvalue weighted by Gasteiger charge is -2.14. The fourth-order valence-corrected chi connectivity index (χ4v) is 3.90. The summed E-state index contributed by atoms with van der Waals surface area (Å²) < 4.78 is 29.9. The minimum absolute atomic E-state index is 0.119. The molecular weight excluding hydrogens is 224 g/mol. The van der Waals surface area contributed by atoms with Gasteiger partial charge >= 0.3 is 0 Å². The van der Waals surface area contributed by atoms with Gasteiger partial charge in [0.05, 0.1) is 11.0 Å². The molecule has 2 aliphatic rings. The summed E-state index contributed by atoms with van der Waals surface area (Å²) in [5.41, 5.74) is 0. The molecule has 3 rings (SSSR count). The van der Waals surface area contributed by atoms with E-state index in [9.17, 15) is 8.42 Å². The van der Waals surface area contributed by atoms with Gasteiger partial charge in [0, 0.05) is 0 Å². The summed E-state index contributed by atoms with van der Waals surface area (Å²) in [5.74, 6) is 0. The SMILES string of the molecule is O=S(=O)(c1ccccc1)C1C=CC[C@@H]2O[C@H]12. The van der Waals surface area contributed by atoms with Crippen molar-refractivity contribution in [1.29, 1.82) is 0 Å². The summed E-state index contributed by atoms with van der Waals surface area (Å²) in [4.78, 5) is 0.376. The van der Waals surface area contributed by atoms with E-state index in [0.717, 1.165) is 6.42 Å². The molecule has 1 aromatic carbocycles. The third-order valence-corrected chi connectivity index (χ3v) is 5.14. The number of epoxide rings is 1. The third-order valence-electron chi connectivity index (χ3n) is 3.07. The van der Waals surface area contributed by atoms with Crippen LogP contribution in [0, 0.1) is 0 Å². The molecule has 1 saturated heterocycles. The maximum absolute atomic E-state index is 12.3. The fraction of sp³-hybridized carbons (Fsp3) is 0.333. The van der Waals surface area contributed by atoms with E-state index in [1.54, 1.807) is 30.3 Å². The van der Waals surface area contributed by atoms with Gasteiger partial charge in [-0.2, -0.15) is 0 Å². The van der Waals surface area contributed by atoms with Crippen LogP contribution in [-0.2, 0) is 14.6 Å². The van der Waals surface area contributed by atoms with Crippen LogP contribution in [0.2, 0.25) is 0 Å². The van der Waals surface area contributed by atoms with E-state index in [-0.39, 0.29) is 12.2 Å². The Kier molecular flexibility index (Phi) is 2.16. The predicted octanol–water partition coefficient (Wildman–Crippen LogP) is 1.56. The van der Waals surface area contributed by atoms with Gasteiger partial charge in [0.2, 0.25) is 0 Å². The van der Waals surface area contributed by atoms with E-state index in [1.165, 1.54) is 0 Å². The Morgan fingerprint density at radius 3 is 2.69 bits per heavy atom. The topological polar surface area (TPSA) is 46.7 Å². The molecule has 1 fully saturated rings. The van der Waals surface area contributed by atoms with Crippen molar-refractivity contribution in [2.24, 2.45) is 0 Å². The average Bonchev–Trinajstić information content (AvgIpc) is 3.08. The number of sulfone groups is 1. The minimum Gasteiger partial charge on any atom is -0.367 e. The van der Waals surface area contributed by atoms with E-state index in [2.05, 4.69) is 0 Å². The zero-order chi connectivity index (χ0) is 11.2. The fourth-order valence-electron chi connectivity index (χ4n) is 2.14. The molecule has 0 radical (unpaired) electrons. The molecule has 84 valence electrons. The molecule has 3 nitrogen and oxygen atoms in total. The van der Waals surface area contributed by atoms with Crippen molar-refractivity contribution in [3.05, 3.63) is 42.5 Å². The monoisotopic (exact) mass is 236 g/mol. The van der Waals surface area contributed by atoms with Crippen LogP contribution in [0.5, 0.6) is 0 Å². The number of hydrogen-bond donors (Lipinski definition) is 0. The van der Waals surface area contributed by atoms with E-state index in [1.807, 2.05) is 12.1 Å². The molecule has 0 amide bonds. The van der Waals surface area contributed by atoms with Crippen LogP contribution in [0.25, 0.3) is 0 Å². The second-order valence-electron chi connectivity index (χ2n) is 4.13. The second kappa shape index (κ2) is 3.43. The standard InChI is InChI=1S/C12H12O3S/c13-16(14,9-5-2-1-3-6-9)11-8-4-7-10-12(11)15-10/h1-6,8,10-12H,7H2/t10-,11?,12-/m0/s1. The Morgan fingerprint density at radius 1 is 1.19 bits per heavy atom. The lowest BCUT2D eigenvalue weighted by molar-refractivity contribution is 0.376. The molecule has 1 unspecified atom stereocenters. The van der Waals surface area contributed by atoms with Crippen molar-refractivity contribution in [3.8, 4) is 0 Å². The van der Waals surface area contributed by atoms with E-state index < -0.39 is 15.1 Å². The lowest BCUT2D eigenvalue weighted by Crippen LogP contribution is -2.28. The summed E-state index contributed by atoms with van der Waals surface area (Å²) >= 11 is 0. The first kappa shape index (κ1) is 10.1. The van der Waals surface area contributed by atoms with Crippen molar-refractivity contribution in [2.45, 2.75) is 28.8 Å². The first-order chi connectivity index (χ1) is 7.69. The average molecular weight is 236 g/mol. The Bertz CT molecular complexity index is 518. The summed E-state index contributed by atoms with van der Waals surface area (Å²) in [6.45, 7) is 0. The van der Waals surface area contributed by atoms with Crippen molar-refractivity contribution in [2.75, 3.05) is 0 Å². The van der Waals surface area contributed by atoms with Crippen LogP contribution in [0.15, 0.2) is 47.4 Å². The Balaban J connectivity index is 2.00. The number of benzene rings is 1. The summed E-state index contributed by atoms with van der Waals surface area (Å²) in [6, 6.07) is 8.56. The molecule has 16 heavy (non-hydrogen) atoms. The molecule has 1 aliphatic carbocycles. The number of fused-ring (bicyclic) bond motifs is 1. The highest BCUT2D eigenvalue weighted by Crippen LogP contribution is 2.38. The van der Waals surface area contributed by atoms with Crippen LogP contribution >= 0.6 is 0 Å². The molecule has 0 saturated carbocycles. The molecule has 1 heterocycles. The first-order valence-corrected chi connectivity index (χ1v) is 6.85. The smallest absolute Gasteiger partial charge is 0.187 e. The van der Waals surface area contributed by atoms with Crippen LogP contribution in [0.4, 0.5) is 0 Å². The number of hydrogen-bond acceptors (Lipinski definition) is 3. The van der Waals surface area contributed by atoms with Gasteiger partial charge < -0.3 is 4.74 Å². The minimum atomic E-state index is -3.28. The first-order valence-electron chi connectivity index (χ1n) is 5.31. The highest BCUT2D eigenvalue weighted by atomic mass is 32.2. The van der Waals surface area contributed by atoms with Gasteiger partial charge in [-0.25, -0.2) is 8.42 Å². The van der Waals surface area contributed by atoms with Crippen molar-refractivity contribution >= 4 is 9.84 Å². The van der Waals surface area contributed by atoms with Crippen molar-refractivity contribution in [1.82, 2.24) is 0 Å². The van der Waals surface area contributed by atoms with Crippen LogP contribution in [-0.4, -0.2) is 25.9 Å². The van der Waals surface area contributed by atoms with E-state index in [4.69, 9.17) is 4.74 Å². The highest BCUT2D eigenvalue weighted by Gasteiger charge is 2.50. The Morgan fingerprint density at radius 2 is 1.94 bits per heavy atom. The molecule has 0 bridgehead atoms. The molecule has 0 aromatic heterocycles. The van der Waals surface area contributed by atoms with Crippen molar-refractivity contribution < 1.29 is 13.2 Å². The zero-order valence-electron chi connectivity index (χ0n) is 8.61. The normalized spacial score (nSPS) is 32.1. The molecule has 0 spiro atoms. The van der Waals surface area contributed by atoms with E-state index >= 15 is 0 Å². The van der Waals surface area contributed by atoms with Crippen LogP contribution in [0.1, 0.15) is 6.42 Å². The van der Waals surface area contributed by atoms with Gasteiger partial charge in [0.25, 0.3) is 0 Å². The molecule has 3 atom stereocenters. The van der Waals surface area contributed by atoms with Gasteiger partial charge in [0.15, 0.2) is 9.84 Å². The van der Waals surface area contributed by atoms with Gasteiger partial charge in [-0.05, 0) is 18.6 Å².